The van der Waals surface area contributed by atoms with Crippen LogP contribution in [0.15, 0.2) is 29.2 Å². The van der Waals surface area contributed by atoms with Gasteiger partial charge in [0.15, 0.2) is 9.84 Å². The molecule has 2 rings (SSSR count). The second-order valence-corrected chi connectivity index (χ2v) is 8.27. The number of hydrogen-bond acceptors (Lipinski definition) is 5. The van der Waals surface area contributed by atoms with Gasteiger partial charge in [-0.3, -0.25) is 0 Å². The first-order valence-corrected chi connectivity index (χ1v) is 9.91. The predicted octanol–water partition coefficient (Wildman–Crippen LogP) is 1.27. The molecule has 0 aromatic heterocycles. The van der Waals surface area contributed by atoms with Crippen molar-refractivity contribution in [3.05, 3.63) is 29.8 Å². The van der Waals surface area contributed by atoms with E-state index in [1.807, 2.05) is 23.9 Å². The van der Waals surface area contributed by atoms with E-state index >= 15 is 0 Å². The van der Waals surface area contributed by atoms with Crippen LogP contribution in [0.3, 0.4) is 0 Å². The van der Waals surface area contributed by atoms with E-state index in [-0.39, 0.29) is 0 Å². The molecule has 0 spiro atoms. The molecule has 1 aromatic carbocycles. The van der Waals surface area contributed by atoms with Gasteiger partial charge in [-0.15, -0.1) is 0 Å². The Bertz CT molecular complexity index is 508. The highest BCUT2D eigenvalue weighted by atomic mass is 32.2. The molecule has 1 fully saturated rings. The molecule has 1 aliphatic heterocycles. The van der Waals surface area contributed by atoms with Crippen LogP contribution in [0.4, 0.5) is 0 Å². The highest BCUT2D eigenvalue weighted by Crippen LogP contribution is 2.11. The first kappa shape index (κ1) is 15.8. The van der Waals surface area contributed by atoms with Crippen LogP contribution < -0.4 is 10.6 Å². The van der Waals surface area contributed by atoms with Crippen molar-refractivity contribution in [3.63, 3.8) is 0 Å². The maximum Gasteiger partial charge on any atom is 0.175 e. The van der Waals surface area contributed by atoms with Gasteiger partial charge in [-0.05, 0) is 30.7 Å². The molecule has 0 saturated carbocycles. The fraction of sp³-hybridized carbons (Fsp3) is 0.571. The van der Waals surface area contributed by atoms with Crippen molar-refractivity contribution in [2.45, 2.75) is 23.9 Å². The van der Waals surface area contributed by atoms with Crippen molar-refractivity contribution in [1.82, 2.24) is 10.6 Å². The lowest BCUT2D eigenvalue weighted by Gasteiger charge is -2.23. The van der Waals surface area contributed by atoms with Crippen molar-refractivity contribution < 1.29 is 8.42 Å². The summed E-state index contributed by atoms with van der Waals surface area (Å²) in [5.74, 6) is 2.42. The van der Waals surface area contributed by atoms with Gasteiger partial charge in [0.1, 0.15) is 0 Å². The average molecular weight is 314 g/mol. The van der Waals surface area contributed by atoms with Crippen molar-refractivity contribution in [2.75, 3.05) is 30.9 Å². The summed E-state index contributed by atoms with van der Waals surface area (Å²) in [6.45, 7) is 2.87. The lowest BCUT2D eigenvalue weighted by Crippen LogP contribution is -2.39. The third-order valence-electron chi connectivity index (χ3n) is 3.35. The normalized spacial score (nSPS) is 19.9. The third-order valence-corrected chi connectivity index (χ3v) is 5.61. The van der Waals surface area contributed by atoms with Crippen LogP contribution in [-0.4, -0.2) is 45.3 Å². The molecule has 0 bridgehead atoms. The van der Waals surface area contributed by atoms with Crippen molar-refractivity contribution >= 4 is 21.6 Å². The van der Waals surface area contributed by atoms with Gasteiger partial charge in [0.2, 0.25) is 0 Å². The first-order chi connectivity index (χ1) is 9.55. The highest BCUT2D eigenvalue weighted by Gasteiger charge is 2.11. The zero-order chi connectivity index (χ0) is 14.4. The van der Waals surface area contributed by atoms with E-state index in [1.54, 1.807) is 12.1 Å². The van der Waals surface area contributed by atoms with Crippen LogP contribution >= 0.6 is 11.8 Å². The van der Waals surface area contributed by atoms with E-state index in [0.717, 1.165) is 31.6 Å². The molecular weight excluding hydrogens is 292 g/mol. The third kappa shape index (κ3) is 5.09. The summed E-state index contributed by atoms with van der Waals surface area (Å²) in [6.07, 6.45) is 2.36. The molecule has 1 aliphatic rings. The summed E-state index contributed by atoms with van der Waals surface area (Å²) in [5.41, 5.74) is 1.11. The molecule has 0 amide bonds. The number of benzene rings is 1. The second-order valence-electron chi connectivity index (χ2n) is 5.11. The standard InChI is InChI=1S/C14H22N2O2S2/c1-20(17,18)14-4-2-12(3-5-14)10-15-7-6-13-11-19-9-8-16-13/h2-5,13,15-16H,6-11H2,1H3. The zero-order valence-electron chi connectivity index (χ0n) is 11.8. The highest BCUT2D eigenvalue weighted by molar-refractivity contribution is 7.99. The van der Waals surface area contributed by atoms with E-state index in [4.69, 9.17) is 0 Å². The van der Waals surface area contributed by atoms with Gasteiger partial charge in [-0.1, -0.05) is 12.1 Å². The van der Waals surface area contributed by atoms with Crippen molar-refractivity contribution in [2.24, 2.45) is 0 Å². The second kappa shape index (κ2) is 7.45. The Labute approximate surface area is 125 Å². The number of sulfone groups is 1. The van der Waals surface area contributed by atoms with E-state index in [0.29, 0.717) is 10.9 Å². The van der Waals surface area contributed by atoms with E-state index < -0.39 is 9.84 Å². The van der Waals surface area contributed by atoms with E-state index in [1.165, 1.54) is 17.8 Å². The fourth-order valence-corrected chi connectivity index (χ4v) is 3.80. The Morgan fingerprint density at radius 2 is 2.10 bits per heavy atom. The van der Waals surface area contributed by atoms with Gasteiger partial charge in [-0.2, -0.15) is 11.8 Å². The maximum absolute atomic E-state index is 11.4. The Morgan fingerprint density at radius 1 is 1.35 bits per heavy atom. The van der Waals surface area contributed by atoms with Gasteiger partial charge in [0, 0.05) is 36.9 Å². The van der Waals surface area contributed by atoms with Crippen LogP contribution in [0.1, 0.15) is 12.0 Å². The van der Waals surface area contributed by atoms with Gasteiger partial charge < -0.3 is 10.6 Å². The molecule has 112 valence electrons. The molecule has 0 radical (unpaired) electrons. The fourth-order valence-electron chi connectivity index (χ4n) is 2.17. The first-order valence-electron chi connectivity index (χ1n) is 6.86. The molecule has 6 heteroatoms. The van der Waals surface area contributed by atoms with Crippen LogP contribution in [0.25, 0.3) is 0 Å². The summed E-state index contributed by atoms with van der Waals surface area (Å²) in [7, 11) is -3.09. The number of nitrogens with one attached hydrogen (secondary N) is 2. The minimum atomic E-state index is -3.09. The predicted molar refractivity (Wildman–Crippen MR) is 85.0 cm³/mol. The maximum atomic E-state index is 11.4. The van der Waals surface area contributed by atoms with Crippen LogP contribution in [0.2, 0.25) is 0 Å². The molecular formula is C14H22N2O2S2. The summed E-state index contributed by atoms with van der Waals surface area (Å²) >= 11 is 2.01. The van der Waals surface area contributed by atoms with Crippen LogP contribution in [0, 0.1) is 0 Å². The van der Waals surface area contributed by atoms with Crippen molar-refractivity contribution in [1.29, 1.82) is 0 Å². The molecule has 0 aliphatic carbocycles. The summed E-state index contributed by atoms with van der Waals surface area (Å²) < 4.78 is 22.7. The minimum Gasteiger partial charge on any atom is -0.313 e. The largest absolute Gasteiger partial charge is 0.313 e. The average Bonchev–Trinajstić information content (AvgIpc) is 2.44. The molecule has 1 saturated heterocycles. The van der Waals surface area contributed by atoms with Crippen LogP contribution in [0.5, 0.6) is 0 Å². The lowest BCUT2D eigenvalue weighted by molar-refractivity contribution is 0.503. The topological polar surface area (TPSA) is 58.2 Å². The Morgan fingerprint density at radius 3 is 2.70 bits per heavy atom. The molecule has 1 unspecified atom stereocenters. The quantitative estimate of drug-likeness (QED) is 0.775. The summed E-state index contributed by atoms with van der Waals surface area (Å²) in [4.78, 5) is 0.379. The monoisotopic (exact) mass is 314 g/mol. The number of rotatable bonds is 6. The molecule has 20 heavy (non-hydrogen) atoms. The molecule has 1 heterocycles. The summed E-state index contributed by atoms with van der Waals surface area (Å²) in [5, 5.41) is 6.92. The van der Waals surface area contributed by atoms with Gasteiger partial charge >= 0.3 is 0 Å². The Balaban J connectivity index is 1.71. The Hall–Kier alpha value is -0.560. The van der Waals surface area contributed by atoms with E-state index in [2.05, 4.69) is 10.6 Å². The van der Waals surface area contributed by atoms with Gasteiger partial charge in [0.05, 0.1) is 4.90 Å². The molecule has 1 aromatic rings. The number of hydrogen-bond donors (Lipinski definition) is 2. The van der Waals surface area contributed by atoms with Crippen molar-refractivity contribution in [3.8, 4) is 0 Å². The zero-order valence-corrected chi connectivity index (χ0v) is 13.4. The Kier molecular flexibility index (Phi) is 5.89. The van der Waals surface area contributed by atoms with E-state index in [9.17, 15) is 8.42 Å². The van der Waals surface area contributed by atoms with Gasteiger partial charge in [-0.25, -0.2) is 8.42 Å². The SMILES string of the molecule is CS(=O)(=O)c1ccc(CNCCC2CSCCN2)cc1. The smallest absolute Gasteiger partial charge is 0.175 e. The molecule has 2 N–H and O–H groups in total. The summed E-state index contributed by atoms with van der Waals surface area (Å²) in [6, 6.07) is 7.71. The van der Waals surface area contributed by atoms with Crippen LogP contribution in [-0.2, 0) is 16.4 Å². The number of thioether (sulfide) groups is 1. The molecule has 1 atom stereocenters. The van der Waals surface area contributed by atoms with Gasteiger partial charge in [0.25, 0.3) is 0 Å². The molecule has 4 nitrogen and oxygen atoms in total. The minimum absolute atomic E-state index is 0.379. The lowest BCUT2D eigenvalue weighted by atomic mass is 10.2.